The lowest BCUT2D eigenvalue weighted by Crippen LogP contribution is -2.41. The Hall–Kier alpha value is -1.91. The Morgan fingerprint density at radius 3 is 2.35 bits per heavy atom. The summed E-state index contributed by atoms with van der Waals surface area (Å²) in [7, 11) is 0. The first kappa shape index (κ1) is 23.7. The van der Waals surface area contributed by atoms with Crippen molar-refractivity contribution < 1.29 is 31.4 Å². The van der Waals surface area contributed by atoms with E-state index >= 15 is 0 Å². The average Bonchev–Trinajstić information content (AvgIpc) is 3.21. The Morgan fingerprint density at radius 2 is 1.74 bits per heavy atom. The van der Waals surface area contributed by atoms with Gasteiger partial charge in [-0.2, -0.15) is 26.3 Å². The van der Waals surface area contributed by atoms with Gasteiger partial charge in [0.15, 0.2) is 0 Å². The highest BCUT2D eigenvalue weighted by atomic mass is 19.4. The molecule has 2 aromatic rings. The minimum atomic E-state index is -4.95. The molecule has 0 radical (unpaired) electrons. The molecule has 1 aliphatic carbocycles. The first-order valence-electron chi connectivity index (χ1n) is 10.2. The molecule has 0 spiro atoms. The summed E-state index contributed by atoms with van der Waals surface area (Å²) in [4.78, 5) is 3.24. The van der Waals surface area contributed by atoms with E-state index in [-0.39, 0.29) is 23.5 Å². The summed E-state index contributed by atoms with van der Waals surface area (Å²) >= 11 is 0. The maximum atomic E-state index is 13.3. The van der Waals surface area contributed by atoms with Crippen LogP contribution in [-0.4, -0.2) is 35.3 Å². The number of aliphatic hydroxyl groups excluding tert-OH is 1. The van der Waals surface area contributed by atoms with E-state index in [1.165, 1.54) is 18.9 Å². The van der Waals surface area contributed by atoms with Crippen molar-refractivity contribution in [3.63, 3.8) is 0 Å². The zero-order valence-electron chi connectivity index (χ0n) is 16.9. The fraction of sp³-hybridized carbons (Fsp3) is 0.571. The molecule has 31 heavy (non-hydrogen) atoms. The van der Waals surface area contributed by atoms with Gasteiger partial charge in [-0.25, -0.2) is 4.98 Å². The number of pyridine rings is 1. The lowest BCUT2D eigenvalue weighted by Gasteiger charge is -2.22. The molecule has 1 aliphatic rings. The number of aliphatic hydroxyl groups is 1. The SMILES string of the molecule is CC(CNC1CCCC1)NCC(O)c1cc(C(F)(F)F)nc2c(C(F)(F)F)cccc12. The topological polar surface area (TPSA) is 57.2 Å². The number of benzene rings is 1. The summed E-state index contributed by atoms with van der Waals surface area (Å²) in [5.74, 6) is 0. The minimum absolute atomic E-state index is 0.0869. The number of halogens is 6. The van der Waals surface area contributed by atoms with Crippen LogP contribution in [0.3, 0.4) is 0 Å². The van der Waals surface area contributed by atoms with Gasteiger partial charge in [-0.15, -0.1) is 0 Å². The largest absolute Gasteiger partial charge is 0.433 e. The monoisotopic (exact) mass is 449 g/mol. The highest BCUT2D eigenvalue weighted by Crippen LogP contribution is 2.38. The zero-order valence-corrected chi connectivity index (χ0v) is 16.9. The standard InChI is InChI=1S/C21H25F6N3O/c1-12(10-29-13-5-2-3-6-13)28-11-17(31)15-9-18(21(25,26)27)30-19-14(15)7-4-8-16(19)20(22,23)24/h4,7-9,12-13,17,28-29,31H,2-3,5-6,10-11H2,1H3. The van der Waals surface area contributed by atoms with Crippen LogP contribution in [0.5, 0.6) is 0 Å². The molecule has 1 aromatic heterocycles. The molecule has 2 unspecified atom stereocenters. The fourth-order valence-electron chi connectivity index (χ4n) is 3.89. The molecule has 1 fully saturated rings. The molecule has 0 amide bonds. The van der Waals surface area contributed by atoms with Gasteiger partial charge in [0.1, 0.15) is 5.69 Å². The predicted octanol–water partition coefficient (Wildman–Crippen LogP) is 4.82. The molecule has 0 bridgehead atoms. The van der Waals surface area contributed by atoms with Gasteiger partial charge in [0, 0.05) is 30.6 Å². The van der Waals surface area contributed by atoms with Crippen molar-refractivity contribution >= 4 is 10.9 Å². The van der Waals surface area contributed by atoms with Crippen molar-refractivity contribution in [2.24, 2.45) is 0 Å². The summed E-state index contributed by atoms with van der Waals surface area (Å²) in [6, 6.07) is 3.99. The third-order valence-electron chi connectivity index (χ3n) is 5.55. The molecule has 4 nitrogen and oxygen atoms in total. The quantitative estimate of drug-likeness (QED) is 0.531. The van der Waals surface area contributed by atoms with Crippen LogP contribution in [0.2, 0.25) is 0 Å². The van der Waals surface area contributed by atoms with Gasteiger partial charge in [0.05, 0.1) is 17.2 Å². The van der Waals surface area contributed by atoms with E-state index in [9.17, 15) is 31.4 Å². The number of fused-ring (bicyclic) bond motifs is 1. The lowest BCUT2D eigenvalue weighted by molar-refractivity contribution is -0.142. The van der Waals surface area contributed by atoms with E-state index in [1.807, 2.05) is 6.92 Å². The van der Waals surface area contributed by atoms with Crippen LogP contribution < -0.4 is 10.6 Å². The van der Waals surface area contributed by atoms with E-state index in [0.717, 1.165) is 18.9 Å². The van der Waals surface area contributed by atoms with Crippen LogP contribution in [0.1, 0.15) is 55.5 Å². The van der Waals surface area contributed by atoms with Crippen LogP contribution in [0.15, 0.2) is 24.3 Å². The lowest BCUT2D eigenvalue weighted by atomic mass is 9.99. The van der Waals surface area contributed by atoms with Gasteiger partial charge in [0.25, 0.3) is 0 Å². The second-order valence-corrected chi connectivity index (χ2v) is 8.01. The highest BCUT2D eigenvalue weighted by molar-refractivity contribution is 5.86. The van der Waals surface area contributed by atoms with Gasteiger partial charge in [-0.05, 0) is 37.5 Å². The molecule has 2 atom stereocenters. The average molecular weight is 449 g/mol. The van der Waals surface area contributed by atoms with Crippen molar-refractivity contribution in [1.82, 2.24) is 15.6 Å². The number of hydrogen-bond donors (Lipinski definition) is 3. The van der Waals surface area contributed by atoms with Gasteiger partial charge in [-0.1, -0.05) is 25.0 Å². The number of nitrogens with one attached hydrogen (secondary N) is 2. The van der Waals surface area contributed by atoms with Crippen molar-refractivity contribution in [3.05, 3.63) is 41.1 Å². The normalized spacial score (nSPS) is 17.9. The van der Waals surface area contributed by atoms with Gasteiger partial charge in [0.2, 0.25) is 0 Å². The Morgan fingerprint density at radius 1 is 1.06 bits per heavy atom. The van der Waals surface area contributed by atoms with Crippen LogP contribution in [-0.2, 0) is 12.4 Å². The van der Waals surface area contributed by atoms with Gasteiger partial charge < -0.3 is 15.7 Å². The maximum absolute atomic E-state index is 13.3. The molecule has 3 rings (SSSR count). The van der Waals surface area contributed by atoms with Crippen LogP contribution in [0.25, 0.3) is 10.9 Å². The Balaban J connectivity index is 1.83. The van der Waals surface area contributed by atoms with Crippen LogP contribution >= 0.6 is 0 Å². The molecule has 3 N–H and O–H groups in total. The second-order valence-electron chi connectivity index (χ2n) is 8.01. The number of rotatable bonds is 7. The van der Waals surface area contributed by atoms with Crippen LogP contribution in [0.4, 0.5) is 26.3 Å². The zero-order chi connectivity index (χ0) is 22.8. The summed E-state index contributed by atoms with van der Waals surface area (Å²) in [6.45, 7) is 2.36. The van der Waals surface area contributed by atoms with Gasteiger partial charge >= 0.3 is 12.4 Å². The van der Waals surface area contributed by atoms with Crippen LogP contribution in [0, 0.1) is 0 Å². The van der Waals surface area contributed by atoms with E-state index in [1.54, 1.807) is 0 Å². The third-order valence-corrected chi connectivity index (χ3v) is 5.55. The molecule has 10 heteroatoms. The number of para-hydroxylation sites is 1. The Kier molecular flexibility index (Phi) is 7.12. The predicted molar refractivity (Wildman–Crippen MR) is 104 cm³/mol. The molecule has 1 saturated carbocycles. The first-order valence-corrected chi connectivity index (χ1v) is 10.2. The Labute approximate surface area is 176 Å². The summed E-state index contributed by atoms with van der Waals surface area (Å²) in [6.07, 6.45) is -6.72. The Bertz CT molecular complexity index is 893. The van der Waals surface area contributed by atoms with E-state index in [4.69, 9.17) is 0 Å². The maximum Gasteiger partial charge on any atom is 0.433 e. The second kappa shape index (κ2) is 9.30. The molecular weight excluding hydrogens is 424 g/mol. The smallest absolute Gasteiger partial charge is 0.387 e. The summed E-state index contributed by atoms with van der Waals surface area (Å²) in [5, 5.41) is 16.8. The van der Waals surface area contributed by atoms with E-state index in [0.29, 0.717) is 24.7 Å². The van der Waals surface area contributed by atoms with Crippen molar-refractivity contribution in [3.8, 4) is 0 Å². The number of hydrogen-bond acceptors (Lipinski definition) is 4. The molecule has 1 aromatic carbocycles. The molecule has 0 saturated heterocycles. The molecular formula is C21H25F6N3O. The minimum Gasteiger partial charge on any atom is -0.387 e. The van der Waals surface area contributed by atoms with E-state index in [2.05, 4.69) is 15.6 Å². The summed E-state index contributed by atoms with van der Waals surface area (Å²) in [5.41, 5.74) is -3.81. The third kappa shape index (κ3) is 5.87. The number of aromatic nitrogens is 1. The summed E-state index contributed by atoms with van der Waals surface area (Å²) < 4.78 is 79.9. The molecule has 0 aliphatic heterocycles. The van der Waals surface area contributed by atoms with Crippen molar-refractivity contribution in [1.29, 1.82) is 0 Å². The first-order chi connectivity index (χ1) is 14.5. The van der Waals surface area contributed by atoms with Crippen molar-refractivity contribution in [2.75, 3.05) is 13.1 Å². The molecule has 1 heterocycles. The van der Waals surface area contributed by atoms with Crippen molar-refractivity contribution in [2.45, 2.75) is 63.1 Å². The molecule has 172 valence electrons. The van der Waals surface area contributed by atoms with Gasteiger partial charge in [-0.3, -0.25) is 0 Å². The highest BCUT2D eigenvalue weighted by Gasteiger charge is 2.38. The van der Waals surface area contributed by atoms with E-state index < -0.39 is 35.2 Å². The fourth-order valence-corrected chi connectivity index (χ4v) is 3.89. The number of nitrogens with zero attached hydrogens (tertiary/aromatic N) is 1. The number of alkyl halides is 6.